The van der Waals surface area contributed by atoms with E-state index in [1.807, 2.05) is 26.0 Å². The van der Waals surface area contributed by atoms with E-state index in [1.54, 1.807) is 24.4 Å². The minimum absolute atomic E-state index is 0.0400. The number of benzene rings is 2. The molecule has 0 radical (unpaired) electrons. The van der Waals surface area contributed by atoms with Crippen LogP contribution in [0.4, 0.5) is 14.5 Å². The van der Waals surface area contributed by atoms with Crippen LogP contribution in [0.1, 0.15) is 30.2 Å². The van der Waals surface area contributed by atoms with Gasteiger partial charge in [-0.25, -0.2) is 8.78 Å². The van der Waals surface area contributed by atoms with Gasteiger partial charge in [0.2, 0.25) is 5.91 Å². The average Bonchev–Trinajstić information content (AvgIpc) is 2.79. The Bertz CT molecular complexity index is 1260. The summed E-state index contributed by atoms with van der Waals surface area (Å²) in [4.78, 5) is 16.2. The fourth-order valence-corrected chi connectivity index (χ4v) is 3.65. The zero-order chi connectivity index (χ0) is 24.1. The number of hydrogen-bond acceptors (Lipinski definition) is 3. The molecule has 0 unspecified atom stereocenters. The maximum Gasteiger partial charge on any atom is 0.247 e. The summed E-state index contributed by atoms with van der Waals surface area (Å²) in [7, 11) is 1.34. The molecular weight excluding hydrogens is 446 g/mol. The minimum Gasteiger partial charge on any atom is -0.493 e. The molecule has 33 heavy (non-hydrogen) atoms. The van der Waals surface area contributed by atoms with Gasteiger partial charge in [0.15, 0.2) is 11.6 Å². The zero-order valence-corrected chi connectivity index (χ0v) is 19.3. The molecule has 3 rings (SSSR count). The Morgan fingerprint density at radius 1 is 1.18 bits per heavy atom. The lowest BCUT2D eigenvalue weighted by atomic mass is 9.92. The summed E-state index contributed by atoms with van der Waals surface area (Å²) >= 11 is 6.22. The molecule has 1 heterocycles. The van der Waals surface area contributed by atoms with Crippen LogP contribution in [-0.4, -0.2) is 18.0 Å². The number of halogens is 3. The van der Waals surface area contributed by atoms with Crippen LogP contribution in [0.5, 0.6) is 5.75 Å². The summed E-state index contributed by atoms with van der Waals surface area (Å²) in [6.45, 7) is 7.20. The highest BCUT2D eigenvalue weighted by Gasteiger charge is 2.19. The molecular formula is C26H23ClF2N2O2. The Morgan fingerprint density at radius 2 is 1.94 bits per heavy atom. The summed E-state index contributed by atoms with van der Waals surface area (Å²) in [5, 5.41) is 3.05. The summed E-state index contributed by atoms with van der Waals surface area (Å²) in [5.74, 6) is -1.91. The third-order valence-electron chi connectivity index (χ3n) is 5.03. The molecule has 7 heteroatoms. The van der Waals surface area contributed by atoms with Gasteiger partial charge in [-0.1, -0.05) is 37.2 Å². The number of nitrogens with one attached hydrogen (secondary N) is 1. The van der Waals surface area contributed by atoms with Crippen LogP contribution < -0.4 is 10.1 Å². The van der Waals surface area contributed by atoms with Crippen LogP contribution in [0.2, 0.25) is 5.02 Å². The van der Waals surface area contributed by atoms with E-state index in [0.29, 0.717) is 39.5 Å². The lowest BCUT2D eigenvalue weighted by Gasteiger charge is -2.17. The number of allylic oxidation sites excluding steroid dienone is 1. The molecule has 1 amide bonds. The molecule has 2 aromatic carbocycles. The lowest BCUT2D eigenvalue weighted by molar-refractivity contribution is -0.111. The number of aromatic nitrogens is 1. The van der Waals surface area contributed by atoms with E-state index in [4.69, 9.17) is 16.3 Å². The van der Waals surface area contributed by atoms with Crippen molar-refractivity contribution in [2.45, 2.75) is 20.3 Å². The van der Waals surface area contributed by atoms with E-state index in [0.717, 1.165) is 23.3 Å². The highest BCUT2D eigenvalue weighted by Crippen LogP contribution is 2.37. The fourth-order valence-electron chi connectivity index (χ4n) is 3.49. The van der Waals surface area contributed by atoms with Crippen LogP contribution in [0, 0.1) is 18.6 Å². The number of hydrogen-bond donors (Lipinski definition) is 1. The third-order valence-corrected chi connectivity index (χ3v) is 5.36. The van der Waals surface area contributed by atoms with Crippen molar-refractivity contribution < 1.29 is 18.3 Å². The van der Waals surface area contributed by atoms with Gasteiger partial charge in [0, 0.05) is 34.6 Å². The molecule has 0 atom stereocenters. The molecule has 0 saturated heterocycles. The van der Waals surface area contributed by atoms with Crippen LogP contribution in [0.15, 0.2) is 61.3 Å². The Morgan fingerprint density at radius 3 is 2.61 bits per heavy atom. The Kier molecular flexibility index (Phi) is 7.61. The van der Waals surface area contributed by atoms with Crippen molar-refractivity contribution in [2.24, 2.45) is 0 Å². The summed E-state index contributed by atoms with van der Waals surface area (Å²) in [6, 6.07) is 9.12. The summed E-state index contributed by atoms with van der Waals surface area (Å²) < 4.78 is 33.8. The van der Waals surface area contributed by atoms with Crippen LogP contribution in [0.3, 0.4) is 0 Å². The van der Waals surface area contributed by atoms with Gasteiger partial charge in [0.25, 0.3) is 0 Å². The van der Waals surface area contributed by atoms with Crippen LogP contribution in [-0.2, 0) is 4.79 Å². The number of pyridine rings is 1. The second-order valence-corrected chi connectivity index (χ2v) is 7.65. The first kappa shape index (κ1) is 24.1. The molecule has 0 bridgehead atoms. The minimum atomic E-state index is -0.781. The number of rotatable bonds is 7. The molecule has 0 aliphatic heterocycles. The zero-order valence-electron chi connectivity index (χ0n) is 18.5. The largest absolute Gasteiger partial charge is 0.493 e. The van der Waals surface area contributed by atoms with E-state index in [9.17, 15) is 13.6 Å². The predicted octanol–water partition coefficient (Wildman–Crippen LogP) is 6.96. The Labute approximate surface area is 196 Å². The molecule has 0 spiro atoms. The van der Waals surface area contributed by atoms with Gasteiger partial charge in [0.05, 0.1) is 17.8 Å². The standard InChI is InChI=1S/C26H23ClF2N2O2/c1-5-7-19(21-12-18(28)13-23(29)26(21)33-4)20-10-17(14-30-15(20)3)16-8-9-22(27)24(11-16)31-25(32)6-2/h6-14H,2,5H2,1,3-4H3,(H,31,32)/b19-7+. The monoisotopic (exact) mass is 468 g/mol. The van der Waals surface area contributed by atoms with E-state index in [2.05, 4.69) is 16.9 Å². The molecule has 1 N–H and O–H groups in total. The second-order valence-electron chi connectivity index (χ2n) is 7.24. The lowest BCUT2D eigenvalue weighted by Crippen LogP contribution is -2.07. The molecule has 0 aliphatic rings. The molecule has 3 aromatic rings. The predicted molar refractivity (Wildman–Crippen MR) is 129 cm³/mol. The normalized spacial score (nSPS) is 11.3. The van der Waals surface area contributed by atoms with Crippen molar-refractivity contribution in [1.82, 2.24) is 4.98 Å². The van der Waals surface area contributed by atoms with Crippen molar-refractivity contribution in [3.63, 3.8) is 0 Å². The van der Waals surface area contributed by atoms with E-state index in [1.165, 1.54) is 13.2 Å². The number of methoxy groups -OCH3 is 1. The highest BCUT2D eigenvalue weighted by molar-refractivity contribution is 6.34. The molecule has 170 valence electrons. The first-order valence-electron chi connectivity index (χ1n) is 10.2. The Balaban J connectivity index is 2.17. The number of aryl methyl sites for hydroxylation is 1. The topological polar surface area (TPSA) is 51.2 Å². The highest BCUT2D eigenvalue weighted by atomic mass is 35.5. The van der Waals surface area contributed by atoms with Gasteiger partial charge >= 0.3 is 0 Å². The molecule has 0 fully saturated rings. The van der Waals surface area contributed by atoms with Crippen molar-refractivity contribution in [3.8, 4) is 16.9 Å². The second kappa shape index (κ2) is 10.4. The number of carbonyl (C=O) groups excluding carboxylic acids is 1. The van der Waals surface area contributed by atoms with Gasteiger partial charge in [-0.2, -0.15) is 0 Å². The first-order chi connectivity index (χ1) is 15.8. The van der Waals surface area contributed by atoms with E-state index >= 15 is 0 Å². The van der Waals surface area contributed by atoms with Crippen molar-refractivity contribution in [3.05, 3.63) is 94.8 Å². The van der Waals surface area contributed by atoms with Gasteiger partial charge in [-0.3, -0.25) is 9.78 Å². The van der Waals surface area contributed by atoms with Gasteiger partial charge in [-0.15, -0.1) is 0 Å². The van der Waals surface area contributed by atoms with E-state index in [-0.39, 0.29) is 11.7 Å². The number of nitrogens with zero attached hydrogens (tertiary/aromatic N) is 1. The van der Waals surface area contributed by atoms with E-state index < -0.39 is 11.6 Å². The van der Waals surface area contributed by atoms with Crippen LogP contribution >= 0.6 is 11.6 Å². The maximum atomic E-state index is 14.4. The quantitative estimate of drug-likeness (QED) is 0.381. The van der Waals surface area contributed by atoms with Crippen molar-refractivity contribution in [1.29, 1.82) is 0 Å². The molecule has 4 nitrogen and oxygen atoms in total. The molecule has 0 saturated carbocycles. The first-order valence-corrected chi connectivity index (χ1v) is 10.6. The van der Waals surface area contributed by atoms with Gasteiger partial charge in [0.1, 0.15) is 5.82 Å². The average molecular weight is 469 g/mol. The summed E-state index contributed by atoms with van der Waals surface area (Å²) in [6.07, 6.45) is 5.34. The fraction of sp³-hybridized carbons (Fsp3) is 0.154. The maximum absolute atomic E-state index is 14.4. The third kappa shape index (κ3) is 5.29. The number of carbonyl (C=O) groups is 1. The van der Waals surface area contributed by atoms with Crippen LogP contribution in [0.25, 0.3) is 16.7 Å². The molecule has 1 aromatic heterocycles. The Hall–Kier alpha value is -3.51. The number of amides is 1. The SMILES string of the molecule is C=CC(=O)Nc1cc(-c2cnc(C)c(/C(=C\CC)c3cc(F)cc(F)c3OC)c2)ccc1Cl. The number of anilines is 1. The summed E-state index contributed by atoms with van der Waals surface area (Å²) in [5.41, 5.74) is 4.20. The smallest absolute Gasteiger partial charge is 0.247 e. The van der Waals surface area contributed by atoms with Crippen molar-refractivity contribution >= 4 is 28.8 Å². The number of ether oxygens (including phenoxy) is 1. The van der Waals surface area contributed by atoms with Gasteiger partial charge < -0.3 is 10.1 Å². The molecule has 0 aliphatic carbocycles. The van der Waals surface area contributed by atoms with Gasteiger partial charge in [-0.05, 0) is 54.8 Å². The van der Waals surface area contributed by atoms with Crippen molar-refractivity contribution in [2.75, 3.05) is 12.4 Å².